The van der Waals surface area contributed by atoms with Crippen molar-refractivity contribution < 1.29 is 4.42 Å². The zero-order valence-electron chi connectivity index (χ0n) is 32.0. The van der Waals surface area contributed by atoms with Gasteiger partial charge in [0, 0.05) is 27.5 Å². The summed E-state index contributed by atoms with van der Waals surface area (Å²) in [5.74, 6) is 1.78. The first-order valence-corrected chi connectivity index (χ1v) is 19.8. The molecule has 0 aliphatic heterocycles. The van der Waals surface area contributed by atoms with Crippen LogP contribution < -0.4 is 0 Å². The molecule has 0 aliphatic carbocycles. The van der Waals surface area contributed by atoms with Crippen molar-refractivity contribution in [1.29, 1.82) is 0 Å². The molecule has 9 aromatic carbocycles. The van der Waals surface area contributed by atoms with E-state index in [0.29, 0.717) is 17.5 Å². The molecule has 0 fully saturated rings. The number of hydrogen-bond acceptors (Lipinski definition) is 4. The van der Waals surface area contributed by atoms with E-state index in [4.69, 9.17) is 19.4 Å². The average molecular weight is 754 g/mol. The lowest BCUT2D eigenvalue weighted by Gasteiger charge is -2.13. The Morgan fingerprint density at radius 3 is 1.44 bits per heavy atom. The summed E-state index contributed by atoms with van der Waals surface area (Å²) in [4.78, 5) is 15.6. The Labute approximate surface area is 341 Å². The first-order chi connectivity index (χ1) is 29.2. The topological polar surface area (TPSA) is 51.8 Å². The molecule has 0 amide bonds. The fraction of sp³-hybridized carbons (Fsp3) is 0. The van der Waals surface area contributed by atoms with Crippen LogP contribution in [0, 0.1) is 0 Å². The van der Waals surface area contributed by atoms with Crippen molar-refractivity contribution in [2.24, 2.45) is 0 Å². The number of aromatic nitrogens is 3. The maximum Gasteiger partial charge on any atom is 0.164 e. The van der Waals surface area contributed by atoms with Crippen LogP contribution in [-0.4, -0.2) is 15.0 Å². The summed E-state index contributed by atoms with van der Waals surface area (Å²) < 4.78 is 6.61. The molecule has 276 valence electrons. The molecule has 0 aliphatic rings. The van der Waals surface area contributed by atoms with Gasteiger partial charge in [-0.2, -0.15) is 0 Å². The third-order valence-corrected chi connectivity index (χ3v) is 11.2. The van der Waals surface area contributed by atoms with Gasteiger partial charge in [-0.1, -0.05) is 182 Å². The van der Waals surface area contributed by atoms with Crippen molar-refractivity contribution in [3.63, 3.8) is 0 Å². The molecule has 0 saturated heterocycles. The quantitative estimate of drug-likeness (QED) is 0.163. The highest BCUT2D eigenvalue weighted by Crippen LogP contribution is 2.40. The first kappa shape index (κ1) is 34.3. The fourth-order valence-electron chi connectivity index (χ4n) is 8.26. The van der Waals surface area contributed by atoms with E-state index in [1.807, 2.05) is 24.3 Å². The molecule has 2 aromatic heterocycles. The molecule has 0 saturated carbocycles. The van der Waals surface area contributed by atoms with E-state index >= 15 is 0 Å². The number of benzene rings is 9. The van der Waals surface area contributed by atoms with Crippen LogP contribution in [-0.2, 0) is 0 Å². The minimum Gasteiger partial charge on any atom is -0.456 e. The van der Waals surface area contributed by atoms with Crippen LogP contribution in [0.3, 0.4) is 0 Å². The second kappa shape index (κ2) is 14.5. The van der Waals surface area contributed by atoms with Gasteiger partial charge in [-0.15, -0.1) is 0 Å². The van der Waals surface area contributed by atoms with Crippen LogP contribution in [0.1, 0.15) is 0 Å². The molecule has 59 heavy (non-hydrogen) atoms. The summed E-state index contributed by atoms with van der Waals surface area (Å²) in [5.41, 5.74) is 13.5. The second-order valence-electron chi connectivity index (χ2n) is 14.8. The third kappa shape index (κ3) is 6.34. The van der Waals surface area contributed by atoms with Gasteiger partial charge in [-0.3, -0.25) is 0 Å². The summed E-state index contributed by atoms with van der Waals surface area (Å²) in [6.07, 6.45) is 0. The number of hydrogen-bond donors (Lipinski definition) is 0. The van der Waals surface area contributed by atoms with Crippen LogP contribution in [0.2, 0.25) is 0 Å². The van der Waals surface area contributed by atoms with Crippen LogP contribution in [0.15, 0.2) is 217 Å². The van der Waals surface area contributed by atoms with Crippen molar-refractivity contribution in [1.82, 2.24) is 15.0 Å². The van der Waals surface area contributed by atoms with Crippen molar-refractivity contribution >= 4 is 32.7 Å². The van der Waals surface area contributed by atoms with E-state index in [9.17, 15) is 0 Å². The largest absolute Gasteiger partial charge is 0.456 e. The SMILES string of the molecule is c1ccc(-c2ccc(-c3cccc4oc5cc(-c6nc(-c7cccc(-c8ccccc8)c7)nc(-c7ccc(-c8ccccc8)c8ccccc78)n6)ccc5c34)cc2)cc1. The van der Waals surface area contributed by atoms with E-state index in [1.165, 1.54) is 11.1 Å². The lowest BCUT2D eigenvalue weighted by molar-refractivity contribution is 0.669. The summed E-state index contributed by atoms with van der Waals surface area (Å²) >= 11 is 0. The molecule has 4 heteroatoms. The standard InChI is InChI=1S/C55H35N3O/c1-4-14-36(15-5-1)38-26-28-40(29-27-38)45-24-13-25-50-52(45)49-31-30-43(35-51(49)59-50)54-56-53(42-21-12-20-41(34-42)37-16-6-2-7-17-37)57-55(58-54)48-33-32-44(39-18-8-3-9-19-39)46-22-10-11-23-47(46)48/h1-35H. The molecule has 11 aromatic rings. The predicted molar refractivity (Wildman–Crippen MR) is 243 cm³/mol. The Balaban J connectivity index is 1.06. The van der Waals surface area contributed by atoms with Crippen LogP contribution in [0.4, 0.5) is 0 Å². The van der Waals surface area contributed by atoms with Crippen molar-refractivity contribution in [2.45, 2.75) is 0 Å². The number of fused-ring (bicyclic) bond motifs is 4. The van der Waals surface area contributed by atoms with Gasteiger partial charge in [0.05, 0.1) is 0 Å². The zero-order valence-corrected chi connectivity index (χ0v) is 32.0. The summed E-state index contributed by atoms with van der Waals surface area (Å²) in [7, 11) is 0. The lowest BCUT2D eigenvalue weighted by Crippen LogP contribution is -2.01. The molecule has 4 nitrogen and oxygen atoms in total. The van der Waals surface area contributed by atoms with Gasteiger partial charge in [0.2, 0.25) is 0 Å². The number of rotatable bonds is 7. The highest BCUT2D eigenvalue weighted by Gasteiger charge is 2.19. The molecule has 0 atom stereocenters. The van der Waals surface area contributed by atoms with Gasteiger partial charge in [0.15, 0.2) is 17.5 Å². The van der Waals surface area contributed by atoms with Gasteiger partial charge in [-0.05, 0) is 85.6 Å². The van der Waals surface area contributed by atoms with Gasteiger partial charge in [0.1, 0.15) is 11.2 Å². The smallest absolute Gasteiger partial charge is 0.164 e. The van der Waals surface area contributed by atoms with Gasteiger partial charge in [-0.25, -0.2) is 15.0 Å². The zero-order chi connectivity index (χ0) is 39.1. The Bertz CT molecular complexity index is 3300. The molecule has 0 unspecified atom stereocenters. The minimum atomic E-state index is 0.574. The van der Waals surface area contributed by atoms with Gasteiger partial charge < -0.3 is 4.42 Å². The van der Waals surface area contributed by atoms with Crippen molar-refractivity contribution in [2.75, 3.05) is 0 Å². The normalized spacial score (nSPS) is 11.4. The second-order valence-corrected chi connectivity index (χ2v) is 14.8. The molecule has 0 N–H and O–H groups in total. The van der Waals surface area contributed by atoms with Crippen LogP contribution in [0.25, 0.3) is 111 Å². The monoisotopic (exact) mass is 753 g/mol. The lowest BCUT2D eigenvalue weighted by atomic mass is 9.94. The average Bonchev–Trinajstić information content (AvgIpc) is 3.70. The molecule has 2 heterocycles. The third-order valence-electron chi connectivity index (χ3n) is 11.2. The molecule has 0 bridgehead atoms. The first-order valence-electron chi connectivity index (χ1n) is 19.8. The van der Waals surface area contributed by atoms with E-state index in [2.05, 4.69) is 188 Å². The highest BCUT2D eigenvalue weighted by molar-refractivity contribution is 6.13. The van der Waals surface area contributed by atoms with Crippen molar-refractivity contribution in [3.8, 4) is 78.7 Å². The van der Waals surface area contributed by atoms with E-state index < -0.39 is 0 Å². The number of furan rings is 1. The van der Waals surface area contributed by atoms with E-state index in [1.54, 1.807) is 0 Å². The molecular formula is C55H35N3O. The molecule has 0 spiro atoms. The van der Waals surface area contributed by atoms with Gasteiger partial charge in [0.25, 0.3) is 0 Å². The maximum absolute atomic E-state index is 6.61. The van der Waals surface area contributed by atoms with E-state index in [-0.39, 0.29) is 0 Å². The highest BCUT2D eigenvalue weighted by atomic mass is 16.3. The van der Waals surface area contributed by atoms with Gasteiger partial charge >= 0.3 is 0 Å². The van der Waals surface area contributed by atoms with Crippen molar-refractivity contribution in [3.05, 3.63) is 212 Å². The Kier molecular flexibility index (Phi) is 8.45. The maximum atomic E-state index is 6.61. The Morgan fingerprint density at radius 1 is 0.254 bits per heavy atom. The Hall–Kier alpha value is -7.95. The molecule has 0 radical (unpaired) electrons. The Morgan fingerprint density at radius 2 is 0.729 bits per heavy atom. The summed E-state index contributed by atoms with van der Waals surface area (Å²) in [6, 6.07) is 74.0. The van der Waals surface area contributed by atoms with Crippen LogP contribution >= 0.6 is 0 Å². The summed E-state index contributed by atoms with van der Waals surface area (Å²) in [5, 5.41) is 4.34. The van der Waals surface area contributed by atoms with E-state index in [0.717, 1.165) is 82.8 Å². The fourth-order valence-corrected chi connectivity index (χ4v) is 8.26. The molecule has 11 rings (SSSR count). The van der Waals surface area contributed by atoms with Crippen LogP contribution in [0.5, 0.6) is 0 Å². The summed E-state index contributed by atoms with van der Waals surface area (Å²) in [6.45, 7) is 0. The predicted octanol–water partition coefficient (Wildman–Crippen LogP) is 14.6. The molecular weight excluding hydrogens is 719 g/mol. The minimum absolute atomic E-state index is 0.574. The number of nitrogens with zero attached hydrogens (tertiary/aromatic N) is 3.